The van der Waals surface area contributed by atoms with Gasteiger partial charge in [-0.3, -0.25) is 9.59 Å². The number of halogens is 1. The zero-order valence-electron chi connectivity index (χ0n) is 12.3. The molecule has 0 radical (unpaired) electrons. The van der Waals surface area contributed by atoms with Crippen molar-refractivity contribution in [3.05, 3.63) is 58.5 Å². The summed E-state index contributed by atoms with van der Waals surface area (Å²) in [6.07, 6.45) is 0.834. The van der Waals surface area contributed by atoms with Crippen LogP contribution >= 0.6 is 12.4 Å². The lowest BCUT2D eigenvalue weighted by atomic mass is 10.3. The van der Waals surface area contributed by atoms with E-state index in [1.165, 1.54) is 16.8 Å². The third kappa shape index (κ3) is 4.68. The number of amides is 1. The second-order valence-electron chi connectivity index (χ2n) is 4.52. The van der Waals surface area contributed by atoms with E-state index in [9.17, 15) is 9.59 Å². The van der Waals surface area contributed by atoms with E-state index in [0.717, 1.165) is 13.0 Å². The summed E-state index contributed by atoms with van der Waals surface area (Å²) in [5.74, 6) is -0.282. The number of nitrogens with one attached hydrogen (secondary N) is 2. The van der Waals surface area contributed by atoms with Gasteiger partial charge in [-0.05, 0) is 38.2 Å². The zero-order valence-corrected chi connectivity index (χ0v) is 13.1. The Labute approximate surface area is 135 Å². The molecule has 0 bridgehead atoms. The molecular weight excluding hydrogens is 304 g/mol. The second-order valence-corrected chi connectivity index (χ2v) is 4.52. The van der Waals surface area contributed by atoms with Gasteiger partial charge in [-0.1, -0.05) is 18.2 Å². The molecule has 0 aliphatic rings. The topological polar surface area (TPSA) is 76.0 Å². The fourth-order valence-corrected chi connectivity index (χ4v) is 1.84. The monoisotopic (exact) mass is 322 g/mol. The van der Waals surface area contributed by atoms with Gasteiger partial charge in [0.25, 0.3) is 11.5 Å². The number of nitrogens with zero attached hydrogens (tertiary/aromatic N) is 2. The van der Waals surface area contributed by atoms with E-state index in [4.69, 9.17) is 0 Å². The third-order valence-electron chi connectivity index (χ3n) is 2.92. The van der Waals surface area contributed by atoms with Gasteiger partial charge in [0.15, 0.2) is 0 Å². The first-order chi connectivity index (χ1) is 10.2. The lowest BCUT2D eigenvalue weighted by Crippen LogP contribution is -2.30. The normalized spacial score (nSPS) is 9.86. The highest BCUT2D eigenvalue weighted by Gasteiger charge is 2.09. The van der Waals surface area contributed by atoms with Crippen LogP contribution in [0.1, 0.15) is 16.9 Å². The van der Waals surface area contributed by atoms with Crippen molar-refractivity contribution in [1.82, 2.24) is 20.4 Å². The van der Waals surface area contributed by atoms with Gasteiger partial charge in [0.05, 0.1) is 5.69 Å². The van der Waals surface area contributed by atoms with Crippen molar-refractivity contribution in [2.45, 2.75) is 6.42 Å². The van der Waals surface area contributed by atoms with Crippen LogP contribution in [-0.2, 0) is 0 Å². The van der Waals surface area contributed by atoms with E-state index < -0.39 is 0 Å². The van der Waals surface area contributed by atoms with E-state index in [2.05, 4.69) is 15.7 Å². The number of benzene rings is 1. The van der Waals surface area contributed by atoms with E-state index in [-0.39, 0.29) is 29.6 Å². The summed E-state index contributed by atoms with van der Waals surface area (Å²) in [6.45, 7) is 1.39. The highest BCUT2D eigenvalue weighted by atomic mass is 35.5. The van der Waals surface area contributed by atoms with Crippen molar-refractivity contribution in [3.8, 4) is 5.69 Å². The Morgan fingerprint density at radius 1 is 1.14 bits per heavy atom. The highest BCUT2D eigenvalue weighted by Crippen LogP contribution is 2.02. The van der Waals surface area contributed by atoms with Gasteiger partial charge in [-0.15, -0.1) is 12.4 Å². The zero-order chi connectivity index (χ0) is 15.1. The number of hydrogen-bond donors (Lipinski definition) is 2. The van der Waals surface area contributed by atoms with Gasteiger partial charge in [0, 0.05) is 12.6 Å². The minimum atomic E-state index is -0.282. The SMILES string of the molecule is CNCCCNC(=O)c1ccc(=O)n(-c2ccccc2)n1.Cl. The molecule has 6 nitrogen and oxygen atoms in total. The second kappa shape index (κ2) is 8.96. The molecule has 0 saturated heterocycles. The number of hydrogen-bond acceptors (Lipinski definition) is 4. The van der Waals surface area contributed by atoms with Crippen molar-refractivity contribution in [1.29, 1.82) is 0 Å². The Morgan fingerprint density at radius 3 is 2.55 bits per heavy atom. The van der Waals surface area contributed by atoms with Crippen molar-refractivity contribution < 1.29 is 4.79 Å². The molecule has 0 aliphatic heterocycles. The molecule has 0 atom stereocenters. The van der Waals surface area contributed by atoms with Crippen LogP contribution in [0.25, 0.3) is 5.69 Å². The van der Waals surface area contributed by atoms with Crippen LogP contribution in [0.3, 0.4) is 0 Å². The maximum absolute atomic E-state index is 12.0. The molecule has 0 unspecified atom stereocenters. The summed E-state index contributed by atoms with van der Waals surface area (Å²) in [5.41, 5.74) is 0.586. The molecule has 0 spiro atoms. The summed E-state index contributed by atoms with van der Waals surface area (Å²) in [6, 6.07) is 11.8. The minimum absolute atomic E-state index is 0. The summed E-state index contributed by atoms with van der Waals surface area (Å²) in [5, 5.41) is 9.90. The average molecular weight is 323 g/mol. The van der Waals surface area contributed by atoms with Gasteiger partial charge >= 0.3 is 0 Å². The molecule has 2 N–H and O–H groups in total. The number of para-hydroxylation sites is 1. The fraction of sp³-hybridized carbons (Fsp3) is 0.267. The Balaban J connectivity index is 0.00000242. The van der Waals surface area contributed by atoms with E-state index >= 15 is 0 Å². The van der Waals surface area contributed by atoms with Crippen LogP contribution in [-0.4, -0.2) is 35.8 Å². The maximum Gasteiger partial charge on any atom is 0.271 e. The molecular formula is C15H19ClN4O2. The summed E-state index contributed by atoms with van der Waals surface area (Å²) in [4.78, 5) is 23.8. The van der Waals surface area contributed by atoms with Gasteiger partial charge < -0.3 is 10.6 Å². The first-order valence-corrected chi connectivity index (χ1v) is 6.81. The molecule has 1 heterocycles. The van der Waals surface area contributed by atoms with Crippen molar-refractivity contribution in [2.75, 3.05) is 20.1 Å². The molecule has 1 aromatic heterocycles. The number of aromatic nitrogens is 2. The number of carbonyl (C=O) groups is 1. The Bertz CT molecular complexity index is 658. The lowest BCUT2D eigenvalue weighted by Gasteiger charge is -2.07. The minimum Gasteiger partial charge on any atom is -0.351 e. The predicted octanol–water partition coefficient (Wildman–Crippen LogP) is 0.994. The van der Waals surface area contributed by atoms with Crippen molar-refractivity contribution in [2.24, 2.45) is 0 Å². The standard InChI is InChI=1S/C15H18N4O2.ClH/c1-16-10-5-11-17-15(21)13-8-9-14(20)19(18-13)12-6-3-2-4-7-12;/h2-4,6-9,16H,5,10-11H2,1H3,(H,17,21);1H. The van der Waals surface area contributed by atoms with E-state index in [1.807, 2.05) is 25.2 Å². The first-order valence-electron chi connectivity index (χ1n) is 6.81. The smallest absolute Gasteiger partial charge is 0.271 e. The Kier molecular flexibility index (Phi) is 7.28. The molecule has 0 saturated carbocycles. The first kappa shape index (κ1) is 17.9. The molecule has 22 heavy (non-hydrogen) atoms. The fourth-order valence-electron chi connectivity index (χ4n) is 1.84. The summed E-state index contributed by atoms with van der Waals surface area (Å²) < 4.78 is 1.22. The van der Waals surface area contributed by atoms with Crippen LogP contribution < -0.4 is 16.2 Å². The van der Waals surface area contributed by atoms with Crippen LogP contribution in [0.5, 0.6) is 0 Å². The molecule has 0 fully saturated rings. The van der Waals surface area contributed by atoms with Gasteiger partial charge in [0.1, 0.15) is 5.69 Å². The van der Waals surface area contributed by atoms with Gasteiger partial charge in [-0.2, -0.15) is 9.78 Å². The predicted molar refractivity (Wildman–Crippen MR) is 88.0 cm³/mol. The van der Waals surface area contributed by atoms with Crippen molar-refractivity contribution >= 4 is 18.3 Å². The summed E-state index contributed by atoms with van der Waals surface area (Å²) >= 11 is 0. The molecule has 1 aromatic carbocycles. The maximum atomic E-state index is 12.0. The molecule has 7 heteroatoms. The average Bonchev–Trinajstić information content (AvgIpc) is 2.52. The Hall–Kier alpha value is -2.18. The summed E-state index contributed by atoms with van der Waals surface area (Å²) in [7, 11) is 1.86. The van der Waals surface area contributed by atoms with Crippen LogP contribution in [0.4, 0.5) is 0 Å². The largest absolute Gasteiger partial charge is 0.351 e. The molecule has 2 aromatic rings. The van der Waals surface area contributed by atoms with Crippen LogP contribution in [0, 0.1) is 0 Å². The van der Waals surface area contributed by atoms with E-state index in [0.29, 0.717) is 12.2 Å². The highest BCUT2D eigenvalue weighted by molar-refractivity contribution is 5.92. The molecule has 0 aliphatic carbocycles. The number of carbonyl (C=O) groups excluding carboxylic acids is 1. The lowest BCUT2D eigenvalue weighted by molar-refractivity contribution is 0.0946. The molecule has 2 rings (SSSR count). The molecule has 1 amide bonds. The van der Waals surface area contributed by atoms with Gasteiger partial charge in [-0.25, -0.2) is 0 Å². The van der Waals surface area contributed by atoms with Gasteiger partial charge in [0.2, 0.25) is 0 Å². The van der Waals surface area contributed by atoms with Crippen molar-refractivity contribution in [3.63, 3.8) is 0 Å². The molecule has 118 valence electrons. The quantitative estimate of drug-likeness (QED) is 0.778. The number of rotatable bonds is 6. The van der Waals surface area contributed by atoms with Crippen LogP contribution in [0.15, 0.2) is 47.3 Å². The van der Waals surface area contributed by atoms with Crippen LogP contribution in [0.2, 0.25) is 0 Å². The Morgan fingerprint density at radius 2 is 1.86 bits per heavy atom. The van der Waals surface area contributed by atoms with E-state index in [1.54, 1.807) is 12.1 Å². The third-order valence-corrected chi connectivity index (χ3v) is 2.92.